The molecule has 0 aromatic heterocycles. The molecule has 1 saturated heterocycles. The zero-order valence-corrected chi connectivity index (χ0v) is 10.7. The quantitative estimate of drug-likeness (QED) is 0.884. The highest BCUT2D eigenvalue weighted by atomic mass is 19.4. The first-order chi connectivity index (χ1) is 9.31. The number of nitrogens with two attached hydrogens (primary N) is 1. The lowest BCUT2D eigenvalue weighted by molar-refractivity contribution is -0.137. The van der Waals surface area contributed by atoms with Crippen molar-refractivity contribution in [2.24, 2.45) is 5.73 Å². The zero-order valence-electron chi connectivity index (χ0n) is 10.7. The molecule has 1 aromatic rings. The van der Waals surface area contributed by atoms with Crippen LogP contribution in [-0.2, 0) is 22.3 Å². The molecule has 1 heterocycles. The first-order valence-electron chi connectivity index (χ1n) is 6.12. The molecule has 7 heteroatoms. The van der Waals surface area contributed by atoms with Crippen molar-refractivity contribution in [3.8, 4) is 0 Å². The Morgan fingerprint density at radius 2 is 2.00 bits per heavy atom. The maximum absolute atomic E-state index is 12.4. The molecule has 2 rings (SSSR count). The Morgan fingerprint density at radius 1 is 1.35 bits per heavy atom. The highest BCUT2D eigenvalue weighted by Crippen LogP contribution is 2.29. The molecule has 1 unspecified atom stereocenters. The minimum absolute atomic E-state index is 0.135. The van der Waals surface area contributed by atoms with Gasteiger partial charge in [-0.1, -0.05) is 12.1 Å². The fraction of sp³-hybridized carbons (Fsp3) is 0.462. The van der Waals surface area contributed by atoms with Gasteiger partial charge in [-0.2, -0.15) is 13.2 Å². The van der Waals surface area contributed by atoms with Crippen molar-refractivity contribution in [1.82, 2.24) is 5.32 Å². The Hall–Kier alpha value is -1.60. The summed E-state index contributed by atoms with van der Waals surface area (Å²) in [7, 11) is 0. The molecule has 1 fully saturated rings. The maximum atomic E-state index is 12.4. The smallest absolute Gasteiger partial charge is 0.379 e. The van der Waals surface area contributed by atoms with Crippen LogP contribution in [-0.4, -0.2) is 24.7 Å². The summed E-state index contributed by atoms with van der Waals surface area (Å²) in [5.74, 6) is -0.352. The molecule has 0 saturated carbocycles. The minimum Gasteiger partial charge on any atom is -0.379 e. The van der Waals surface area contributed by atoms with Gasteiger partial charge in [0, 0.05) is 13.2 Å². The SMILES string of the molecule is NC1(C(=O)NCc2ccc(C(F)(F)F)cc2)CCOC1. The number of ether oxygens (including phenoxy) is 1. The highest BCUT2D eigenvalue weighted by molar-refractivity contribution is 5.86. The van der Waals surface area contributed by atoms with Gasteiger partial charge < -0.3 is 15.8 Å². The van der Waals surface area contributed by atoms with Crippen LogP contribution in [0.3, 0.4) is 0 Å². The fourth-order valence-electron chi connectivity index (χ4n) is 1.93. The van der Waals surface area contributed by atoms with Crippen LogP contribution in [0, 0.1) is 0 Å². The van der Waals surface area contributed by atoms with E-state index >= 15 is 0 Å². The molecule has 0 radical (unpaired) electrons. The summed E-state index contributed by atoms with van der Waals surface area (Å²) >= 11 is 0. The van der Waals surface area contributed by atoms with Gasteiger partial charge in [0.15, 0.2) is 0 Å². The maximum Gasteiger partial charge on any atom is 0.416 e. The van der Waals surface area contributed by atoms with Gasteiger partial charge in [-0.15, -0.1) is 0 Å². The minimum atomic E-state index is -4.36. The lowest BCUT2D eigenvalue weighted by Gasteiger charge is -2.20. The lowest BCUT2D eigenvalue weighted by atomic mass is 9.99. The normalized spacial score (nSPS) is 22.8. The van der Waals surface area contributed by atoms with Gasteiger partial charge >= 0.3 is 6.18 Å². The molecule has 1 atom stereocenters. The van der Waals surface area contributed by atoms with Crippen molar-refractivity contribution in [3.63, 3.8) is 0 Å². The monoisotopic (exact) mass is 288 g/mol. The van der Waals surface area contributed by atoms with Gasteiger partial charge in [-0.05, 0) is 24.1 Å². The summed E-state index contributed by atoms with van der Waals surface area (Å²) < 4.78 is 42.2. The number of benzene rings is 1. The third kappa shape index (κ3) is 3.29. The van der Waals surface area contributed by atoms with Crippen molar-refractivity contribution in [3.05, 3.63) is 35.4 Å². The summed E-state index contributed by atoms with van der Waals surface area (Å²) in [5, 5.41) is 2.61. The highest BCUT2D eigenvalue weighted by Gasteiger charge is 2.38. The van der Waals surface area contributed by atoms with Crippen LogP contribution < -0.4 is 11.1 Å². The van der Waals surface area contributed by atoms with Gasteiger partial charge in [-0.25, -0.2) is 0 Å². The zero-order chi connectivity index (χ0) is 14.8. The Balaban J connectivity index is 1.93. The van der Waals surface area contributed by atoms with Gasteiger partial charge in [0.1, 0.15) is 5.54 Å². The predicted octanol–water partition coefficient (Wildman–Crippen LogP) is 1.44. The third-order valence-corrected chi connectivity index (χ3v) is 3.24. The van der Waals surface area contributed by atoms with Crippen LogP contribution in [0.1, 0.15) is 17.5 Å². The number of amides is 1. The number of hydrogen-bond donors (Lipinski definition) is 2. The van der Waals surface area contributed by atoms with Crippen molar-refractivity contribution in [2.45, 2.75) is 24.7 Å². The first-order valence-corrected chi connectivity index (χ1v) is 6.12. The fourth-order valence-corrected chi connectivity index (χ4v) is 1.93. The molecule has 1 amide bonds. The van der Waals surface area contributed by atoms with Gasteiger partial charge in [-0.3, -0.25) is 4.79 Å². The first kappa shape index (κ1) is 14.8. The molecule has 0 aliphatic carbocycles. The second-order valence-electron chi connectivity index (χ2n) is 4.84. The lowest BCUT2D eigenvalue weighted by Crippen LogP contribution is -2.54. The molecular formula is C13H15F3N2O2. The summed E-state index contributed by atoms with van der Waals surface area (Å²) in [6.45, 7) is 0.728. The van der Waals surface area contributed by atoms with Crippen molar-refractivity contribution in [2.75, 3.05) is 13.2 Å². The summed E-state index contributed by atoms with van der Waals surface area (Å²) in [6.07, 6.45) is -3.92. The van der Waals surface area contributed by atoms with Gasteiger partial charge in [0.05, 0.1) is 12.2 Å². The average molecular weight is 288 g/mol. The molecule has 1 aliphatic rings. The van der Waals surface area contributed by atoms with E-state index in [2.05, 4.69) is 5.32 Å². The number of halogens is 3. The molecule has 1 aliphatic heterocycles. The molecule has 20 heavy (non-hydrogen) atoms. The van der Waals surface area contributed by atoms with Crippen LogP contribution in [0.5, 0.6) is 0 Å². The molecule has 4 nitrogen and oxygen atoms in total. The number of alkyl halides is 3. The molecule has 0 bridgehead atoms. The van der Waals surface area contributed by atoms with E-state index in [4.69, 9.17) is 10.5 Å². The molecule has 3 N–H and O–H groups in total. The molecule has 1 aromatic carbocycles. The second-order valence-corrected chi connectivity index (χ2v) is 4.84. The van der Waals surface area contributed by atoms with E-state index in [-0.39, 0.29) is 19.1 Å². The van der Waals surface area contributed by atoms with Crippen LogP contribution in [0.25, 0.3) is 0 Å². The van der Waals surface area contributed by atoms with Crippen molar-refractivity contribution >= 4 is 5.91 Å². The van der Waals surface area contributed by atoms with Gasteiger partial charge in [0.25, 0.3) is 0 Å². The van der Waals surface area contributed by atoms with Gasteiger partial charge in [0.2, 0.25) is 5.91 Å². The average Bonchev–Trinajstić information content (AvgIpc) is 2.84. The number of carbonyl (C=O) groups is 1. The topological polar surface area (TPSA) is 64.4 Å². The number of carbonyl (C=O) groups excluding carboxylic acids is 1. The number of hydrogen-bond acceptors (Lipinski definition) is 3. The van der Waals surface area contributed by atoms with E-state index in [9.17, 15) is 18.0 Å². The van der Waals surface area contributed by atoms with Crippen LogP contribution in [0.4, 0.5) is 13.2 Å². The van der Waals surface area contributed by atoms with Crippen LogP contribution in [0.15, 0.2) is 24.3 Å². The Morgan fingerprint density at radius 3 is 2.50 bits per heavy atom. The second kappa shape index (κ2) is 5.41. The number of nitrogens with one attached hydrogen (secondary N) is 1. The summed E-state index contributed by atoms with van der Waals surface area (Å²) in [4.78, 5) is 11.9. The standard InChI is InChI=1S/C13H15F3N2O2/c14-13(15,16)10-3-1-9(2-4-10)7-18-11(19)12(17)5-6-20-8-12/h1-4H,5-8,17H2,(H,18,19). The Kier molecular flexibility index (Phi) is 4.01. The summed E-state index contributed by atoms with van der Waals surface area (Å²) in [6, 6.07) is 4.63. The Bertz CT molecular complexity index is 479. The van der Waals surface area contributed by atoms with E-state index in [1.165, 1.54) is 12.1 Å². The largest absolute Gasteiger partial charge is 0.416 e. The molecule has 0 spiro atoms. The summed E-state index contributed by atoms with van der Waals surface area (Å²) in [5.41, 5.74) is 4.69. The van der Waals surface area contributed by atoms with Crippen molar-refractivity contribution < 1.29 is 22.7 Å². The third-order valence-electron chi connectivity index (χ3n) is 3.24. The van der Waals surface area contributed by atoms with E-state index in [0.29, 0.717) is 18.6 Å². The Labute approximate surface area is 114 Å². The van der Waals surface area contributed by atoms with E-state index in [1.807, 2.05) is 0 Å². The molecule has 110 valence electrons. The van der Waals surface area contributed by atoms with E-state index in [1.54, 1.807) is 0 Å². The number of rotatable bonds is 3. The van der Waals surface area contributed by atoms with Crippen molar-refractivity contribution in [1.29, 1.82) is 0 Å². The van der Waals surface area contributed by atoms with E-state index < -0.39 is 17.3 Å². The molecular weight excluding hydrogens is 273 g/mol. The predicted molar refractivity (Wildman–Crippen MR) is 65.6 cm³/mol. The van der Waals surface area contributed by atoms with Crippen LogP contribution >= 0.6 is 0 Å². The van der Waals surface area contributed by atoms with E-state index in [0.717, 1.165) is 12.1 Å². The van der Waals surface area contributed by atoms with Crippen LogP contribution in [0.2, 0.25) is 0 Å².